The van der Waals surface area contributed by atoms with Gasteiger partial charge < -0.3 is 5.11 Å². The summed E-state index contributed by atoms with van der Waals surface area (Å²) in [7, 11) is -1.69. The molecule has 0 aromatic heterocycles. The molecule has 0 aliphatic rings. The Morgan fingerprint density at radius 1 is 1.41 bits per heavy atom. The van der Waals surface area contributed by atoms with Crippen LogP contribution in [-0.4, -0.2) is 20.2 Å². The maximum atomic E-state index is 14.4. The van der Waals surface area contributed by atoms with E-state index in [9.17, 15) is 17.4 Å². The third kappa shape index (κ3) is 3.77. The number of nitrogens with two attached hydrogens (primary N) is 1. The summed E-state index contributed by atoms with van der Waals surface area (Å²) >= 11 is 0. The molecule has 7 heteroatoms. The first-order valence-electron chi connectivity index (χ1n) is 6.62. The Morgan fingerprint density at radius 2 is 1.95 bits per heavy atom. The van der Waals surface area contributed by atoms with Crippen LogP contribution in [0.2, 0.25) is 0 Å². The van der Waals surface area contributed by atoms with Gasteiger partial charge in [-0.15, -0.1) is 0 Å². The fourth-order valence-electron chi connectivity index (χ4n) is 1.98. The van der Waals surface area contributed by atoms with Gasteiger partial charge in [0.05, 0.1) is 21.3 Å². The monoisotopic (exact) mass is 335 g/mol. The van der Waals surface area contributed by atoms with Crippen LogP contribution >= 0.6 is 0 Å². The van der Waals surface area contributed by atoms with E-state index in [0.717, 1.165) is 13.0 Å². The average molecular weight is 335 g/mol. The molecule has 0 saturated carbocycles. The van der Waals surface area contributed by atoms with Crippen LogP contribution in [0.15, 0.2) is 24.3 Å². The fourth-order valence-corrected chi connectivity index (χ4v) is 2.27. The number of allylic oxidation sites excluding steroid dienone is 1. The molecule has 124 valence electrons. The Bertz CT molecular complexity index is 613. The molecule has 0 aliphatic carbocycles. The molecule has 1 aromatic carbocycles. The van der Waals surface area contributed by atoms with Crippen LogP contribution in [0.1, 0.15) is 38.8 Å². The van der Waals surface area contributed by atoms with Crippen LogP contribution < -0.4 is 5.14 Å². The lowest BCUT2D eigenvalue weighted by Gasteiger charge is -2.22. The molecular weight excluding hydrogens is 315 g/mol. The van der Waals surface area contributed by atoms with Crippen molar-refractivity contribution in [3.05, 3.63) is 41.2 Å². The van der Waals surface area contributed by atoms with E-state index in [-0.39, 0.29) is 5.56 Å². The lowest BCUT2D eigenvalue weighted by atomic mass is 9.96. The molecule has 0 fully saturated rings. The quantitative estimate of drug-likeness (QED) is 0.868. The Kier molecular flexibility index (Phi) is 5.59. The molecule has 22 heavy (non-hydrogen) atoms. The second kappa shape index (κ2) is 6.52. The number of halogens is 3. The lowest BCUT2D eigenvalue weighted by molar-refractivity contribution is -0.108. The van der Waals surface area contributed by atoms with Gasteiger partial charge in [0.15, 0.2) is 0 Å². The number of aliphatic hydroxyl groups is 1. The standard InChI is InChI=1S/C15H20F3NO2S/c1-9(8-14(3,4)22(19)21)11-6-5-7-12(13(11)16)15(17,18)10(2)20/h5-8,10,20H,19H2,1-4H3/b9-8-. The molecule has 0 heterocycles. The summed E-state index contributed by atoms with van der Waals surface area (Å²) in [5, 5.41) is 14.5. The van der Waals surface area contributed by atoms with E-state index in [0.29, 0.717) is 5.57 Å². The van der Waals surface area contributed by atoms with Gasteiger partial charge in [0.25, 0.3) is 0 Å². The molecule has 0 saturated heterocycles. The summed E-state index contributed by atoms with van der Waals surface area (Å²) in [5.41, 5.74) is -0.583. The molecule has 0 aliphatic heterocycles. The maximum Gasteiger partial charge on any atom is 0.301 e. The minimum atomic E-state index is -3.70. The Hall–Kier alpha value is -1.18. The van der Waals surface area contributed by atoms with Crippen molar-refractivity contribution in [2.75, 3.05) is 0 Å². The van der Waals surface area contributed by atoms with Gasteiger partial charge in [0.1, 0.15) is 11.9 Å². The SMILES string of the molecule is C/C(=C/C(C)(C)S(N)=O)c1cccc(C(F)(F)C(C)O)c1F. The molecular formula is C15H20F3NO2S. The van der Waals surface area contributed by atoms with Gasteiger partial charge in [-0.05, 0) is 39.3 Å². The van der Waals surface area contributed by atoms with Crippen molar-refractivity contribution in [2.24, 2.45) is 5.14 Å². The summed E-state index contributed by atoms with van der Waals surface area (Å²) < 4.78 is 52.7. The first-order valence-corrected chi connectivity index (χ1v) is 7.83. The minimum Gasteiger partial charge on any atom is -0.387 e. The van der Waals surface area contributed by atoms with Crippen LogP contribution in [0.5, 0.6) is 0 Å². The van der Waals surface area contributed by atoms with Gasteiger partial charge in [0, 0.05) is 5.56 Å². The predicted octanol–water partition coefficient (Wildman–Crippen LogP) is 3.10. The average Bonchev–Trinajstić information content (AvgIpc) is 2.37. The molecule has 0 spiro atoms. The third-order valence-electron chi connectivity index (χ3n) is 3.39. The Balaban J connectivity index is 3.41. The number of hydrogen-bond acceptors (Lipinski definition) is 2. The Labute approximate surface area is 130 Å². The van der Waals surface area contributed by atoms with E-state index >= 15 is 0 Å². The van der Waals surface area contributed by atoms with Crippen LogP contribution in [0.4, 0.5) is 13.2 Å². The van der Waals surface area contributed by atoms with Gasteiger partial charge >= 0.3 is 5.92 Å². The smallest absolute Gasteiger partial charge is 0.301 e. The van der Waals surface area contributed by atoms with Crippen molar-refractivity contribution < 1.29 is 22.5 Å². The molecule has 1 aromatic rings. The van der Waals surface area contributed by atoms with Gasteiger partial charge in [-0.3, -0.25) is 5.14 Å². The van der Waals surface area contributed by atoms with Crippen molar-refractivity contribution in [1.29, 1.82) is 0 Å². The highest BCUT2D eigenvalue weighted by molar-refractivity contribution is 7.84. The van der Waals surface area contributed by atoms with E-state index in [1.807, 2.05) is 0 Å². The lowest BCUT2D eigenvalue weighted by Crippen LogP contribution is -2.30. The summed E-state index contributed by atoms with van der Waals surface area (Å²) in [6, 6.07) is 3.57. The molecule has 0 bridgehead atoms. The van der Waals surface area contributed by atoms with E-state index in [2.05, 4.69) is 0 Å². The summed E-state index contributed by atoms with van der Waals surface area (Å²) in [4.78, 5) is 0. The number of hydrogen-bond donors (Lipinski definition) is 2. The van der Waals surface area contributed by atoms with Crippen molar-refractivity contribution in [2.45, 2.75) is 44.5 Å². The number of benzene rings is 1. The topological polar surface area (TPSA) is 63.3 Å². The first kappa shape index (κ1) is 18.9. The zero-order valence-corrected chi connectivity index (χ0v) is 13.7. The Morgan fingerprint density at radius 3 is 2.41 bits per heavy atom. The van der Waals surface area contributed by atoms with Gasteiger partial charge in [0.2, 0.25) is 0 Å². The highest BCUT2D eigenvalue weighted by atomic mass is 32.2. The molecule has 1 rings (SSSR count). The van der Waals surface area contributed by atoms with Crippen LogP contribution in [0, 0.1) is 5.82 Å². The fraction of sp³-hybridized carbons (Fsp3) is 0.467. The van der Waals surface area contributed by atoms with E-state index in [1.54, 1.807) is 13.8 Å². The van der Waals surface area contributed by atoms with Crippen molar-refractivity contribution in [3.8, 4) is 0 Å². The van der Waals surface area contributed by atoms with E-state index < -0.39 is 39.1 Å². The van der Waals surface area contributed by atoms with Crippen LogP contribution in [-0.2, 0) is 16.9 Å². The summed E-state index contributed by atoms with van der Waals surface area (Å²) in [6.07, 6.45) is -0.541. The zero-order chi connectivity index (χ0) is 17.3. The highest BCUT2D eigenvalue weighted by Gasteiger charge is 2.40. The molecule has 0 radical (unpaired) electrons. The van der Waals surface area contributed by atoms with Crippen molar-refractivity contribution in [1.82, 2.24) is 0 Å². The number of rotatable bonds is 5. The molecule has 3 nitrogen and oxygen atoms in total. The first-order chi connectivity index (χ1) is 9.91. The van der Waals surface area contributed by atoms with E-state index in [1.165, 1.54) is 25.1 Å². The third-order valence-corrected chi connectivity index (χ3v) is 4.54. The van der Waals surface area contributed by atoms with Crippen molar-refractivity contribution in [3.63, 3.8) is 0 Å². The molecule has 2 atom stereocenters. The molecule has 0 amide bonds. The number of aliphatic hydroxyl groups excluding tert-OH is 1. The van der Waals surface area contributed by atoms with E-state index in [4.69, 9.17) is 10.2 Å². The molecule has 3 N–H and O–H groups in total. The largest absolute Gasteiger partial charge is 0.387 e. The number of alkyl halides is 2. The second-order valence-corrected chi connectivity index (χ2v) is 7.34. The van der Waals surface area contributed by atoms with Gasteiger partial charge in [-0.1, -0.05) is 18.2 Å². The predicted molar refractivity (Wildman–Crippen MR) is 82.0 cm³/mol. The van der Waals surface area contributed by atoms with Crippen LogP contribution in [0.25, 0.3) is 5.57 Å². The minimum absolute atomic E-state index is 0.0450. The maximum absolute atomic E-state index is 14.4. The van der Waals surface area contributed by atoms with Crippen molar-refractivity contribution >= 4 is 16.6 Å². The van der Waals surface area contributed by atoms with Gasteiger partial charge in [-0.2, -0.15) is 8.78 Å². The summed E-state index contributed by atoms with van der Waals surface area (Å²) in [5.74, 6) is -4.81. The van der Waals surface area contributed by atoms with Crippen LogP contribution in [0.3, 0.4) is 0 Å². The van der Waals surface area contributed by atoms with Gasteiger partial charge in [-0.25, -0.2) is 8.60 Å². The second-order valence-electron chi connectivity index (χ2n) is 5.69. The summed E-state index contributed by atoms with van der Waals surface area (Å²) in [6.45, 7) is 5.62. The highest BCUT2D eigenvalue weighted by Crippen LogP contribution is 2.36. The normalized spacial score (nSPS) is 16.5. The zero-order valence-electron chi connectivity index (χ0n) is 12.9. The molecule has 2 unspecified atom stereocenters.